The first kappa shape index (κ1) is 17.9. The van der Waals surface area contributed by atoms with Crippen molar-refractivity contribution < 1.29 is 31.0 Å². The lowest BCUT2D eigenvalue weighted by Gasteiger charge is -2.28. The molecule has 176 valence electrons. The van der Waals surface area contributed by atoms with E-state index in [1.54, 1.807) is 0 Å². The zero-order valence-electron chi connectivity index (χ0n) is 23.6. The Morgan fingerprint density at radius 3 is 2.35 bits per heavy atom. The van der Waals surface area contributed by atoms with E-state index in [1.165, 1.54) is 0 Å². The first-order valence-electron chi connectivity index (χ1n) is 13.6. The summed E-state index contributed by atoms with van der Waals surface area (Å²) in [7, 11) is 0. The van der Waals surface area contributed by atoms with Crippen LogP contribution in [0.5, 0.6) is 0 Å². The number of aliphatic hydroxyl groups excluding tert-OH is 1. The van der Waals surface area contributed by atoms with E-state index in [0.29, 0.717) is 6.42 Å². The van der Waals surface area contributed by atoms with E-state index in [-0.39, 0.29) is 25.4 Å². The predicted octanol–water partition coefficient (Wildman–Crippen LogP) is 4.01. The molecule has 0 saturated carbocycles. The van der Waals surface area contributed by atoms with Crippen molar-refractivity contribution in [1.82, 2.24) is 4.90 Å². The van der Waals surface area contributed by atoms with Crippen LogP contribution in [0.1, 0.15) is 23.5 Å². The monoisotopic (exact) mass is 464 g/mol. The molecule has 0 bridgehead atoms. The molecule has 3 aromatic rings. The van der Waals surface area contributed by atoms with Crippen LogP contribution in [-0.2, 0) is 33.7 Å². The zero-order chi connectivity index (χ0) is 28.1. The molecular weight excluding hydrogens is 430 g/mol. The van der Waals surface area contributed by atoms with Gasteiger partial charge in [0, 0.05) is 0 Å². The van der Waals surface area contributed by atoms with Crippen molar-refractivity contribution in [1.29, 1.82) is 0 Å². The topological polar surface area (TPSA) is 76.1 Å². The van der Waals surface area contributed by atoms with Crippen molar-refractivity contribution in [3.8, 4) is 0 Å². The highest BCUT2D eigenvalue weighted by Gasteiger charge is 2.42. The molecule has 1 aliphatic rings. The van der Waals surface area contributed by atoms with Crippen LogP contribution in [0.15, 0.2) is 90.9 Å². The summed E-state index contributed by atoms with van der Waals surface area (Å²) in [5, 5.41) is 11.1. The number of amides is 2. The number of rotatable bonds is 10. The molecule has 0 aliphatic carbocycles. The van der Waals surface area contributed by atoms with E-state index in [4.69, 9.17) is 16.3 Å². The number of carbonyl (C=O) groups is 2. The Hall–Kier alpha value is -3.48. The third-order valence-corrected chi connectivity index (χ3v) is 5.67. The van der Waals surface area contributed by atoms with Crippen LogP contribution in [0.2, 0.25) is 0 Å². The molecule has 4 rings (SSSR count). The lowest BCUT2D eigenvalue weighted by molar-refractivity contribution is -0.139. The maximum atomic E-state index is 13.9. The summed E-state index contributed by atoms with van der Waals surface area (Å²) >= 11 is 0. The van der Waals surface area contributed by atoms with Gasteiger partial charge >= 0.3 is 6.09 Å². The Labute approximate surface area is 206 Å². The number of hydrogen-bond acceptors (Lipinski definition) is 5. The van der Waals surface area contributed by atoms with Crippen LogP contribution in [0.3, 0.4) is 0 Å². The Balaban J connectivity index is 1.62. The third-order valence-electron chi connectivity index (χ3n) is 5.67. The van der Waals surface area contributed by atoms with Gasteiger partial charge in [-0.05, 0) is 29.5 Å². The molecule has 0 aromatic heterocycles. The van der Waals surface area contributed by atoms with Crippen molar-refractivity contribution in [2.75, 3.05) is 13.2 Å². The molecule has 3 aromatic carbocycles. The number of benzene rings is 3. The molecule has 1 saturated heterocycles. The number of carbonyl (C=O) groups excluding carboxylic acids is 2. The average molecular weight is 465 g/mol. The second-order valence-corrected chi connectivity index (χ2v) is 8.11. The van der Waals surface area contributed by atoms with E-state index in [2.05, 4.69) is 0 Å². The van der Waals surface area contributed by atoms with Crippen molar-refractivity contribution in [2.45, 2.75) is 31.6 Å². The maximum absolute atomic E-state index is 13.9. The fourth-order valence-corrected chi connectivity index (χ4v) is 3.92. The number of aliphatic hydroxyl groups is 1. The van der Waals surface area contributed by atoms with Gasteiger partial charge in [-0.15, -0.1) is 0 Å². The predicted molar refractivity (Wildman–Crippen MR) is 128 cm³/mol. The first-order chi connectivity index (χ1) is 18.7. The summed E-state index contributed by atoms with van der Waals surface area (Å²) in [6.07, 6.45) is -2.36. The summed E-state index contributed by atoms with van der Waals surface area (Å²) in [5.41, 5.74) is 1.60. The fourth-order valence-electron chi connectivity index (χ4n) is 3.92. The lowest BCUT2D eigenvalue weighted by atomic mass is 9.92. The van der Waals surface area contributed by atoms with Crippen molar-refractivity contribution in [3.05, 3.63) is 108 Å². The zero-order valence-corrected chi connectivity index (χ0v) is 18.6. The second kappa shape index (κ2) is 11.6. The highest BCUT2D eigenvalue weighted by atomic mass is 16.6. The summed E-state index contributed by atoms with van der Waals surface area (Å²) in [6.45, 7) is -0.145. The molecule has 3 atom stereocenters. The molecule has 1 N–H and O–H groups in total. The van der Waals surface area contributed by atoms with Crippen molar-refractivity contribution in [3.63, 3.8) is 0 Å². The second-order valence-electron chi connectivity index (χ2n) is 8.11. The molecule has 0 unspecified atom stereocenters. The molecule has 0 spiro atoms. The van der Waals surface area contributed by atoms with Crippen LogP contribution < -0.4 is 0 Å². The smallest absolute Gasteiger partial charge is 0.416 e. The Bertz CT molecular complexity index is 1300. The third kappa shape index (κ3) is 6.10. The van der Waals surface area contributed by atoms with Gasteiger partial charge in [0.1, 0.15) is 6.61 Å². The number of ether oxygens (including phenoxy) is 2. The van der Waals surface area contributed by atoms with E-state index < -0.39 is 66.7 Å². The first-order valence-corrected chi connectivity index (χ1v) is 11.1. The van der Waals surface area contributed by atoms with Gasteiger partial charge in [0.2, 0.25) is 5.91 Å². The number of imide groups is 1. The lowest BCUT2D eigenvalue weighted by Crippen LogP contribution is -2.48. The Morgan fingerprint density at radius 1 is 1.03 bits per heavy atom. The standard InChI is InChI=1S/C28H29NO5/c30-26(20-33-18-23-14-8-3-9-15-23)25(17-22-12-6-2-7-13-22)27(31)29-24(19-34-28(29)32)16-21-10-4-1-5-11-21/h1-15,24-26,30H,16-20H2/t24-,25-,26+/m0/s1/i2D,6D,7D,12D,13D. The highest BCUT2D eigenvalue weighted by molar-refractivity contribution is 5.95. The van der Waals surface area contributed by atoms with E-state index in [0.717, 1.165) is 16.0 Å². The molecular formula is C28H29NO5. The van der Waals surface area contributed by atoms with Crippen molar-refractivity contribution in [2.24, 2.45) is 5.92 Å². The minimum Gasteiger partial charge on any atom is -0.447 e. The molecule has 2 amide bonds. The van der Waals surface area contributed by atoms with Gasteiger partial charge in [-0.3, -0.25) is 4.79 Å². The molecule has 1 aliphatic heterocycles. The maximum Gasteiger partial charge on any atom is 0.416 e. The van der Waals surface area contributed by atoms with E-state index in [9.17, 15) is 14.7 Å². The SMILES string of the molecule is [2H]c1c([2H])c([2H])c(C[C@H](C(=O)N2C(=O)OC[C@@H]2Cc2ccccc2)[C@H](O)COCc2ccccc2)c([2H])c1[2H]. The Kier molecular flexibility index (Phi) is 6.11. The molecule has 1 fully saturated rings. The molecule has 6 nitrogen and oxygen atoms in total. The van der Waals surface area contributed by atoms with Gasteiger partial charge < -0.3 is 14.6 Å². The Morgan fingerprint density at radius 2 is 1.68 bits per heavy atom. The van der Waals surface area contributed by atoms with Crippen LogP contribution in [0.25, 0.3) is 0 Å². The molecule has 34 heavy (non-hydrogen) atoms. The van der Waals surface area contributed by atoms with Gasteiger partial charge in [-0.1, -0.05) is 90.9 Å². The summed E-state index contributed by atoms with van der Waals surface area (Å²) in [4.78, 5) is 27.5. The van der Waals surface area contributed by atoms with Crippen LogP contribution in [-0.4, -0.2) is 47.4 Å². The fraction of sp³-hybridized carbons (Fsp3) is 0.286. The van der Waals surface area contributed by atoms with Gasteiger partial charge in [0.05, 0.1) is 38.1 Å². The number of cyclic esters (lactones) is 1. The molecule has 1 heterocycles. The van der Waals surface area contributed by atoms with Crippen LogP contribution in [0.4, 0.5) is 4.79 Å². The van der Waals surface area contributed by atoms with Crippen LogP contribution >= 0.6 is 0 Å². The van der Waals surface area contributed by atoms with Gasteiger partial charge in [-0.25, -0.2) is 9.69 Å². The minimum absolute atomic E-state index is 0.0263. The normalized spacial score (nSPS) is 19.3. The van der Waals surface area contributed by atoms with Gasteiger partial charge in [0.25, 0.3) is 0 Å². The van der Waals surface area contributed by atoms with Crippen molar-refractivity contribution >= 4 is 12.0 Å². The summed E-state index contributed by atoms with van der Waals surface area (Å²) in [6, 6.07) is 15.3. The van der Waals surface area contributed by atoms with Gasteiger partial charge in [-0.2, -0.15) is 0 Å². The highest BCUT2D eigenvalue weighted by Crippen LogP contribution is 2.24. The summed E-state index contributed by atoms with van der Waals surface area (Å²) < 4.78 is 51.3. The summed E-state index contributed by atoms with van der Waals surface area (Å²) in [5.74, 6) is -2.10. The van der Waals surface area contributed by atoms with Gasteiger partial charge in [0.15, 0.2) is 0 Å². The van der Waals surface area contributed by atoms with E-state index in [1.807, 2.05) is 60.7 Å². The quantitative estimate of drug-likeness (QED) is 0.491. The largest absolute Gasteiger partial charge is 0.447 e. The minimum atomic E-state index is -1.44. The average Bonchev–Trinajstić information content (AvgIpc) is 3.31. The molecule has 0 radical (unpaired) electrons. The molecule has 6 heteroatoms. The van der Waals surface area contributed by atoms with E-state index >= 15 is 0 Å². The number of hydrogen-bond donors (Lipinski definition) is 1. The number of nitrogens with zero attached hydrogens (tertiary/aromatic N) is 1. The van der Waals surface area contributed by atoms with Crippen LogP contribution in [0, 0.1) is 5.92 Å².